The molecule has 0 aromatic heterocycles. The largest absolute Gasteiger partial charge is 0.396 e. The Kier molecular flexibility index (Phi) is 3.91. The van der Waals surface area contributed by atoms with Crippen LogP contribution in [0, 0.1) is 11.7 Å². The van der Waals surface area contributed by atoms with Crippen LogP contribution >= 0.6 is 0 Å². The molecule has 16 heavy (non-hydrogen) atoms. The molecule has 0 amide bonds. The van der Waals surface area contributed by atoms with Crippen molar-refractivity contribution in [2.24, 2.45) is 5.92 Å². The summed E-state index contributed by atoms with van der Waals surface area (Å²) in [5.41, 5.74) is 0.962. The van der Waals surface area contributed by atoms with Crippen molar-refractivity contribution < 1.29 is 9.50 Å². The van der Waals surface area contributed by atoms with E-state index in [-0.39, 0.29) is 12.4 Å². The molecule has 1 aromatic carbocycles. The van der Waals surface area contributed by atoms with Gasteiger partial charge in [-0.25, -0.2) is 4.39 Å². The first-order valence-electron chi connectivity index (χ1n) is 5.88. The van der Waals surface area contributed by atoms with Crippen LogP contribution in [0.4, 0.5) is 4.39 Å². The number of rotatable bonds is 4. The van der Waals surface area contributed by atoms with Crippen LogP contribution in [0.5, 0.6) is 0 Å². The molecule has 2 atom stereocenters. The van der Waals surface area contributed by atoms with Crippen LogP contribution in [0.25, 0.3) is 0 Å². The maximum absolute atomic E-state index is 12.9. The average molecular weight is 223 g/mol. The smallest absolute Gasteiger partial charge is 0.123 e. The Balaban J connectivity index is 1.87. The fourth-order valence-corrected chi connectivity index (χ4v) is 2.42. The molecule has 88 valence electrons. The molecule has 1 aromatic rings. The van der Waals surface area contributed by atoms with Crippen LogP contribution in [0.1, 0.15) is 24.8 Å². The minimum Gasteiger partial charge on any atom is -0.396 e. The van der Waals surface area contributed by atoms with Gasteiger partial charge >= 0.3 is 0 Å². The summed E-state index contributed by atoms with van der Waals surface area (Å²) < 4.78 is 12.9. The minimum absolute atomic E-state index is 0.190. The molecule has 2 rings (SSSR count). The number of hydrogen-bond acceptors (Lipinski definition) is 2. The zero-order valence-electron chi connectivity index (χ0n) is 9.32. The summed E-state index contributed by atoms with van der Waals surface area (Å²) in [5, 5.41) is 12.6. The second kappa shape index (κ2) is 5.41. The Hall–Kier alpha value is -0.930. The van der Waals surface area contributed by atoms with Gasteiger partial charge in [-0.3, -0.25) is 0 Å². The number of nitrogens with one attached hydrogen (secondary N) is 1. The van der Waals surface area contributed by atoms with E-state index in [4.69, 9.17) is 0 Å². The molecule has 0 radical (unpaired) electrons. The molecule has 3 heteroatoms. The fraction of sp³-hybridized carbons (Fsp3) is 0.538. The normalized spacial score (nSPS) is 24.9. The first-order chi connectivity index (χ1) is 7.79. The van der Waals surface area contributed by atoms with E-state index in [1.807, 2.05) is 6.07 Å². The molecule has 0 spiro atoms. The van der Waals surface area contributed by atoms with E-state index >= 15 is 0 Å². The van der Waals surface area contributed by atoms with Gasteiger partial charge in [-0.05, 0) is 36.5 Å². The third-order valence-electron chi connectivity index (χ3n) is 3.35. The molecule has 0 saturated heterocycles. The molecule has 1 saturated carbocycles. The van der Waals surface area contributed by atoms with E-state index in [0.29, 0.717) is 18.5 Å². The predicted octanol–water partition coefficient (Wildman–Crippen LogP) is 2.08. The van der Waals surface area contributed by atoms with Gasteiger partial charge in [0, 0.05) is 19.2 Å². The minimum atomic E-state index is -0.190. The predicted molar refractivity (Wildman–Crippen MR) is 61.5 cm³/mol. The third-order valence-corrected chi connectivity index (χ3v) is 3.35. The van der Waals surface area contributed by atoms with Gasteiger partial charge in [0.15, 0.2) is 0 Å². The quantitative estimate of drug-likeness (QED) is 0.819. The van der Waals surface area contributed by atoms with Gasteiger partial charge < -0.3 is 10.4 Å². The van der Waals surface area contributed by atoms with Crippen molar-refractivity contribution in [1.29, 1.82) is 0 Å². The van der Waals surface area contributed by atoms with Gasteiger partial charge in [-0.15, -0.1) is 0 Å². The maximum atomic E-state index is 12.9. The zero-order chi connectivity index (χ0) is 11.4. The first-order valence-corrected chi connectivity index (χ1v) is 5.88. The highest BCUT2D eigenvalue weighted by molar-refractivity contribution is 5.16. The van der Waals surface area contributed by atoms with Crippen LogP contribution in [0.15, 0.2) is 24.3 Å². The van der Waals surface area contributed by atoms with Crippen molar-refractivity contribution in [3.8, 4) is 0 Å². The van der Waals surface area contributed by atoms with Crippen LogP contribution < -0.4 is 5.32 Å². The van der Waals surface area contributed by atoms with Gasteiger partial charge in [0.2, 0.25) is 0 Å². The van der Waals surface area contributed by atoms with Crippen LogP contribution in [0.2, 0.25) is 0 Å². The van der Waals surface area contributed by atoms with Gasteiger partial charge in [0.1, 0.15) is 5.82 Å². The highest BCUT2D eigenvalue weighted by Gasteiger charge is 2.25. The lowest BCUT2D eigenvalue weighted by Gasteiger charge is -2.19. The Morgan fingerprint density at radius 2 is 2.25 bits per heavy atom. The van der Waals surface area contributed by atoms with Crippen molar-refractivity contribution in [2.75, 3.05) is 6.61 Å². The lowest BCUT2D eigenvalue weighted by molar-refractivity contribution is 0.205. The zero-order valence-corrected chi connectivity index (χ0v) is 9.32. The van der Waals surface area contributed by atoms with Gasteiger partial charge in [-0.1, -0.05) is 18.6 Å². The van der Waals surface area contributed by atoms with E-state index in [0.717, 1.165) is 18.4 Å². The summed E-state index contributed by atoms with van der Waals surface area (Å²) in [6, 6.07) is 7.03. The number of aliphatic hydroxyl groups is 1. The highest BCUT2D eigenvalue weighted by Crippen LogP contribution is 2.25. The molecule has 1 fully saturated rings. The van der Waals surface area contributed by atoms with Crippen molar-refractivity contribution in [3.05, 3.63) is 35.6 Å². The monoisotopic (exact) mass is 223 g/mol. The molecule has 0 bridgehead atoms. The van der Waals surface area contributed by atoms with E-state index in [1.54, 1.807) is 12.1 Å². The van der Waals surface area contributed by atoms with Crippen LogP contribution in [-0.2, 0) is 6.54 Å². The van der Waals surface area contributed by atoms with Crippen molar-refractivity contribution in [3.63, 3.8) is 0 Å². The summed E-state index contributed by atoms with van der Waals surface area (Å²) in [5.74, 6) is 0.179. The summed E-state index contributed by atoms with van der Waals surface area (Å²) in [7, 11) is 0. The van der Waals surface area contributed by atoms with Crippen LogP contribution in [-0.4, -0.2) is 17.8 Å². The lowest BCUT2D eigenvalue weighted by atomic mass is 10.0. The Bertz CT molecular complexity index is 342. The topological polar surface area (TPSA) is 32.3 Å². The number of halogens is 1. The first kappa shape index (κ1) is 11.6. The highest BCUT2D eigenvalue weighted by atomic mass is 19.1. The number of benzene rings is 1. The molecule has 2 nitrogen and oxygen atoms in total. The van der Waals surface area contributed by atoms with E-state index in [1.165, 1.54) is 12.5 Å². The molecule has 2 unspecified atom stereocenters. The van der Waals surface area contributed by atoms with Crippen molar-refractivity contribution in [2.45, 2.75) is 31.8 Å². The van der Waals surface area contributed by atoms with E-state index in [2.05, 4.69) is 5.32 Å². The summed E-state index contributed by atoms with van der Waals surface area (Å²) in [6.45, 7) is 0.930. The SMILES string of the molecule is OCC1CCCC1NCc1cccc(F)c1. The molecule has 0 heterocycles. The van der Waals surface area contributed by atoms with Crippen molar-refractivity contribution in [1.82, 2.24) is 5.32 Å². The fourth-order valence-electron chi connectivity index (χ4n) is 2.42. The van der Waals surface area contributed by atoms with Gasteiger partial charge in [0.05, 0.1) is 0 Å². The number of aliphatic hydroxyl groups excluding tert-OH is 1. The molecule has 0 aliphatic heterocycles. The van der Waals surface area contributed by atoms with E-state index in [9.17, 15) is 9.50 Å². The Labute approximate surface area is 95.5 Å². The Morgan fingerprint density at radius 3 is 3.00 bits per heavy atom. The third kappa shape index (κ3) is 2.80. The van der Waals surface area contributed by atoms with Gasteiger partial charge in [-0.2, -0.15) is 0 Å². The summed E-state index contributed by atoms with van der Waals surface area (Å²) >= 11 is 0. The summed E-state index contributed by atoms with van der Waals surface area (Å²) in [6.07, 6.45) is 3.38. The lowest BCUT2D eigenvalue weighted by Crippen LogP contribution is -2.33. The molecule has 1 aliphatic carbocycles. The summed E-state index contributed by atoms with van der Waals surface area (Å²) in [4.78, 5) is 0. The molecular weight excluding hydrogens is 205 g/mol. The average Bonchev–Trinajstić information content (AvgIpc) is 2.74. The number of hydrogen-bond donors (Lipinski definition) is 2. The molecular formula is C13H18FNO. The van der Waals surface area contributed by atoms with Gasteiger partial charge in [0.25, 0.3) is 0 Å². The molecule has 2 N–H and O–H groups in total. The van der Waals surface area contributed by atoms with Crippen LogP contribution in [0.3, 0.4) is 0 Å². The Morgan fingerprint density at radius 1 is 1.38 bits per heavy atom. The maximum Gasteiger partial charge on any atom is 0.123 e. The second-order valence-corrected chi connectivity index (χ2v) is 4.49. The standard InChI is InChI=1S/C13H18FNO/c14-12-5-1-3-10(7-12)8-15-13-6-2-4-11(13)9-16/h1,3,5,7,11,13,15-16H,2,4,6,8-9H2. The second-order valence-electron chi connectivity index (χ2n) is 4.49. The van der Waals surface area contributed by atoms with E-state index < -0.39 is 0 Å². The van der Waals surface area contributed by atoms with Crippen molar-refractivity contribution >= 4 is 0 Å². The molecule has 1 aliphatic rings.